The van der Waals surface area contributed by atoms with Gasteiger partial charge in [-0.3, -0.25) is 0 Å². The molecule has 0 atom stereocenters. The van der Waals surface area contributed by atoms with Gasteiger partial charge in [-0.2, -0.15) is 0 Å². The molecule has 2 heterocycles. The summed E-state index contributed by atoms with van der Waals surface area (Å²) >= 11 is 0. The summed E-state index contributed by atoms with van der Waals surface area (Å²) in [4.78, 5) is 0.289. The zero-order chi connectivity index (χ0) is 16.7. The van der Waals surface area contributed by atoms with Crippen LogP contribution in [0.3, 0.4) is 0 Å². The van der Waals surface area contributed by atoms with E-state index in [4.69, 9.17) is 4.74 Å². The van der Waals surface area contributed by atoms with Gasteiger partial charge in [-0.25, -0.2) is 12.4 Å². The average molecular weight is 339 g/mol. The van der Waals surface area contributed by atoms with Crippen LogP contribution in [-0.4, -0.2) is 25.6 Å². The molecule has 0 saturated carbocycles. The van der Waals surface area contributed by atoms with E-state index in [2.05, 4.69) is 0 Å². The fourth-order valence-electron chi connectivity index (χ4n) is 3.00. The van der Waals surface area contributed by atoms with E-state index < -0.39 is 10.0 Å². The molecule has 0 spiro atoms. The first-order valence-electron chi connectivity index (χ1n) is 7.77. The zero-order valence-corrected chi connectivity index (χ0v) is 14.1. The van der Waals surface area contributed by atoms with Gasteiger partial charge in [0.15, 0.2) is 0 Å². The van der Waals surface area contributed by atoms with Crippen LogP contribution in [0, 0.1) is 6.92 Å². The quantitative estimate of drug-likeness (QED) is 0.732. The molecule has 2 aromatic carbocycles. The Hall–Kier alpha value is -2.37. The lowest BCUT2D eigenvalue weighted by Crippen LogP contribution is -2.11. The third-order valence-electron chi connectivity index (χ3n) is 4.31. The SMILES string of the molecule is Cc1ccc(S(=O)(=O)n2cc(C3=CCOC3)c3ccccc32)cc1. The van der Waals surface area contributed by atoms with Gasteiger partial charge in [-0.15, -0.1) is 0 Å². The smallest absolute Gasteiger partial charge is 0.268 e. The van der Waals surface area contributed by atoms with E-state index >= 15 is 0 Å². The molecule has 0 radical (unpaired) electrons. The maximum atomic E-state index is 13.1. The van der Waals surface area contributed by atoms with Crippen molar-refractivity contribution in [1.29, 1.82) is 0 Å². The summed E-state index contributed by atoms with van der Waals surface area (Å²) < 4.78 is 33.0. The van der Waals surface area contributed by atoms with E-state index in [0.29, 0.717) is 18.7 Å². The Balaban J connectivity index is 1.95. The highest BCUT2D eigenvalue weighted by Gasteiger charge is 2.23. The van der Waals surface area contributed by atoms with Crippen molar-refractivity contribution in [3.8, 4) is 0 Å². The third kappa shape index (κ3) is 2.37. The number of rotatable bonds is 3. The molecule has 0 unspecified atom stereocenters. The monoisotopic (exact) mass is 339 g/mol. The second kappa shape index (κ2) is 5.61. The number of benzene rings is 2. The largest absolute Gasteiger partial charge is 0.373 e. The van der Waals surface area contributed by atoms with E-state index in [1.54, 1.807) is 18.3 Å². The van der Waals surface area contributed by atoms with Crippen LogP contribution in [0.1, 0.15) is 11.1 Å². The number of aromatic nitrogens is 1. The van der Waals surface area contributed by atoms with Crippen LogP contribution in [0.4, 0.5) is 0 Å². The second-order valence-corrected chi connectivity index (χ2v) is 7.73. The molecule has 0 saturated heterocycles. The Kier molecular flexibility index (Phi) is 3.55. The van der Waals surface area contributed by atoms with Crippen molar-refractivity contribution in [1.82, 2.24) is 3.97 Å². The molecule has 5 heteroatoms. The maximum absolute atomic E-state index is 13.1. The molecular formula is C19H17NO3S. The van der Waals surface area contributed by atoms with Crippen LogP contribution in [-0.2, 0) is 14.8 Å². The lowest BCUT2D eigenvalue weighted by molar-refractivity contribution is 0.216. The number of para-hydroxylation sites is 1. The van der Waals surface area contributed by atoms with E-state index in [1.807, 2.05) is 49.4 Å². The van der Waals surface area contributed by atoms with Crippen LogP contribution in [0.25, 0.3) is 16.5 Å². The van der Waals surface area contributed by atoms with Gasteiger partial charge in [0.05, 0.1) is 23.6 Å². The number of aryl methyl sites for hydroxylation is 1. The Labute approximate surface area is 141 Å². The summed E-state index contributed by atoms with van der Waals surface area (Å²) in [6.07, 6.45) is 3.71. The van der Waals surface area contributed by atoms with Crippen molar-refractivity contribution < 1.29 is 13.2 Å². The second-order valence-electron chi connectivity index (χ2n) is 5.92. The minimum Gasteiger partial charge on any atom is -0.373 e. The summed E-state index contributed by atoms with van der Waals surface area (Å²) in [6, 6.07) is 14.5. The summed E-state index contributed by atoms with van der Waals surface area (Å²) in [7, 11) is -3.64. The topological polar surface area (TPSA) is 48.3 Å². The van der Waals surface area contributed by atoms with E-state index in [1.165, 1.54) is 3.97 Å². The van der Waals surface area contributed by atoms with Gasteiger partial charge >= 0.3 is 0 Å². The van der Waals surface area contributed by atoms with E-state index in [-0.39, 0.29) is 4.90 Å². The first-order chi connectivity index (χ1) is 11.6. The van der Waals surface area contributed by atoms with Gasteiger partial charge in [-0.05, 0) is 30.7 Å². The Bertz CT molecular complexity index is 1040. The van der Waals surface area contributed by atoms with Crippen molar-refractivity contribution in [2.75, 3.05) is 13.2 Å². The van der Waals surface area contributed by atoms with Gasteiger partial charge in [0.2, 0.25) is 0 Å². The molecular weight excluding hydrogens is 322 g/mol. The molecule has 4 nitrogen and oxygen atoms in total. The van der Waals surface area contributed by atoms with Crippen LogP contribution >= 0.6 is 0 Å². The van der Waals surface area contributed by atoms with Crippen molar-refractivity contribution in [3.63, 3.8) is 0 Å². The molecule has 0 bridgehead atoms. The van der Waals surface area contributed by atoms with Crippen molar-refractivity contribution in [2.24, 2.45) is 0 Å². The molecule has 3 aromatic rings. The molecule has 0 fully saturated rings. The molecule has 24 heavy (non-hydrogen) atoms. The van der Waals surface area contributed by atoms with Crippen LogP contribution in [0.2, 0.25) is 0 Å². The van der Waals surface area contributed by atoms with E-state index in [9.17, 15) is 8.42 Å². The predicted molar refractivity (Wildman–Crippen MR) is 94.5 cm³/mol. The van der Waals surface area contributed by atoms with Gasteiger partial charge in [0.1, 0.15) is 0 Å². The summed E-state index contributed by atoms with van der Waals surface area (Å²) in [5, 5.41) is 0.921. The van der Waals surface area contributed by atoms with Crippen molar-refractivity contribution in [3.05, 3.63) is 71.9 Å². The molecule has 0 N–H and O–H groups in total. The number of ether oxygens (including phenoxy) is 1. The van der Waals surface area contributed by atoms with Crippen molar-refractivity contribution in [2.45, 2.75) is 11.8 Å². The van der Waals surface area contributed by atoms with Gasteiger partial charge in [0, 0.05) is 17.1 Å². The average Bonchev–Trinajstić information content (AvgIpc) is 3.23. The van der Waals surface area contributed by atoms with Crippen LogP contribution in [0.15, 0.2) is 65.7 Å². The van der Waals surface area contributed by atoms with Gasteiger partial charge < -0.3 is 4.74 Å². The highest BCUT2D eigenvalue weighted by atomic mass is 32.2. The normalized spacial score (nSPS) is 15.0. The summed E-state index contributed by atoms with van der Waals surface area (Å²) in [5.41, 5.74) is 3.66. The number of fused-ring (bicyclic) bond motifs is 1. The first kappa shape index (κ1) is 15.2. The molecule has 0 amide bonds. The summed E-state index contributed by atoms with van der Waals surface area (Å²) in [6.45, 7) is 3.02. The van der Waals surface area contributed by atoms with Gasteiger partial charge in [0.25, 0.3) is 10.0 Å². The molecule has 4 rings (SSSR count). The van der Waals surface area contributed by atoms with Crippen LogP contribution < -0.4 is 0 Å². The minimum atomic E-state index is -3.64. The highest BCUT2D eigenvalue weighted by molar-refractivity contribution is 7.90. The van der Waals surface area contributed by atoms with E-state index in [0.717, 1.165) is 22.1 Å². The summed E-state index contributed by atoms with van der Waals surface area (Å²) in [5.74, 6) is 0. The third-order valence-corrected chi connectivity index (χ3v) is 5.99. The molecule has 1 aromatic heterocycles. The first-order valence-corrected chi connectivity index (χ1v) is 9.21. The fourth-order valence-corrected chi connectivity index (χ4v) is 4.37. The van der Waals surface area contributed by atoms with Crippen LogP contribution in [0.5, 0.6) is 0 Å². The standard InChI is InChI=1S/C19H17NO3S/c1-14-6-8-16(9-7-14)24(21,22)20-12-18(15-10-11-23-13-15)17-4-2-3-5-19(17)20/h2-10,12H,11,13H2,1H3. The molecule has 1 aliphatic rings. The maximum Gasteiger partial charge on any atom is 0.268 e. The lowest BCUT2D eigenvalue weighted by atomic mass is 10.1. The predicted octanol–water partition coefficient (Wildman–Crippen LogP) is 3.60. The zero-order valence-electron chi connectivity index (χ0n) is 13.3. The minimum absolute atomic E-state index is 0.289. The molecule has 122 valence electrons. The number of hydrogen-bond acceptors (Lipinski definition) is 3. The Morgan fingerprint density at radius 2 is 1.79 bits per heavy atom. The Morgan fingerprint density at radius 1 is 1.04 bits per heavy atom. The fraction of sp³-hybridized carbons (Fsp3) is 0.158. The number of hydrogen-bond donors (Lipinski definition) is 0. The lowest BCUT2D eigenvalue weighted by Gasteiger charge is -2.07. The molecule has 0 aliphatic carbocycles. The van der Waals surface area contributed by atoms with Gasteiger partial charge in [-0.1, -0.05) is 42.0 Å². The highest BCUT2D eigenvalue weighted by Crippen LogP contribution is 2.31. The number of nitrogens with zero attached hydrogens (tertiary/aromatic N) is 1. The van der Waals surface area contributed by atoms with Crippen molar-refractivity contribution >= 4 is 26.5 Å². The molecule has 1 aliphatic heterocycles. The Morgan fingerprint density at radius 3 is 2.50 bits per heavy atom.